The Kier molecular flexibility index (Phi) is 5.52. The molecule has 116 valence electrons. The Hall–Kier alpha value is -1.66. The van der Waals surface area contributed by atoms with Crippen LogP contribution in [0.25, 0.3) is 0 Å². The van der Waals surface area contributed by atoms with Gasteiger partial charge in [-0.25, -0.2) is 10.8 Å². The molecule has 2 heterocycles. The summed E-state index contributed by atoms with van der Waals surface area (Å²) in [6, 6.07) is 3.49. The monoisotopic (exact) mass is 292 g/mol. The van der Waals surface area contributed by atoms with Crippen LogP contribution in [0.4, 0.5) is 5.82 Å². The number of hydrogen-bond donors (Lipinski definition) is 3. The molecule has 6 nitrogen and oxygen atoms in total. The van der Waals surface area contributed by atoms with Gasteiger partial charge in [-0.2, -0.15) is 0 Å². The number of aromatic nitrogens is 1. The Bertz CT molecular complexity index is 485. The van der Waals surface area contributed by atoms with Gasteiger partial charge in [0.1, 0.15) is 5.82 Å². The highest BCUT2D eigenvalue weighted by molar-refractivity contribution is 5.95. The smallest absolute Gasteiger partial charge is 0.251 e. The second-order valence-electron chi connectivity index (χ2n) is 5.74. The van der Waals surface area contributed by atoms with Crippen LogP contribution in [0.5, 0.6) is 0 Å². The summed E-state index contributed by atoms with van der Waals surface area (Å²) in [5, 5.41) is 2.95. The Labute approximate surface area is 125 Å². The molecule has 0 spiro atoms. The highest BCUT2D eigenvalue weighted by Gasteiger charge is 2.16. The van der Waals surface area contributed by atoms with E-state index in [1.165, 1.54) is 0 Å². The quantitative estimate of drug-likeness (QED) is 0.548. The topological polar surface area (TPSA) is 89.3 Å². The van der Waals surface area contributed by atoms with Gasteiger partial charge in [0, 0.05) is 31.0 Å². The van der Waals surface area contributed by atoms with Crippen LogP contribution < -0.4 is 16.6 Å². The van der Waals surface area contributed by atoms with Crippen LogP contribution in [0.1, 0.15) is 48.7 Å². The lowest BCUT2D eigenvalue weighted by Crippen LogP contribution is -2.26. The summed E-state index contributed by atoms with van der Waals surface area (Å²) >= 11 is 0. The van der Waals surface area contributed by atoms with Crippen LogP contribution in [-0.4, -0.2) is 30.6 Å². The summed E-state index contributed by atoms with van der Waals surface area (Å²) in [4.78, 5) is 16.6. The molecular formula is C15H24N4O2. The molecular weight excluding hydrogens is 268 g/mol. The third-order valence-electron chi connectivity index (χ3n) is 3.71. The third-order valence-corrected chi connectivity index (χ3v) is 3.71. The molecule has 0 aromatic carbocycles. The molecule has 1 fully saturated rings. The maximum atomic E-state index is 12.2. The number of nitrogens with two attached hydrogens (primary N) is 1. The SMILES string of the molecule is CC(C)c1cc(C(=O)NCCC2CCOC2)cc(NN)n1. The minimum atomic E-state index is -0.0882. The number of pyridine rings is 1. The first-order valence-electron chi connectivity index (χ1n) is 7.44. The molecule has 0 saturated carbocycles. The normalized spacial score (nSPS) is 18.0. The van der Waals surface area contributed by atoms with Crippen molar-refractivity contribution in [3.05, 3.63) is 23.4 Å². The summed E-state index contributed by atoms with van der Waals surface area (Å²) in [6.07, 6.45) is 2.04. The summed E-state index contributed by atoms with van der Waals surface area (Å²) in [6.45, 7) is 6.38. The number of nitrogens with zero attached hydrogens (tertiary/aromatic N) is 1. The minimum Gasteiger partial charge on any atom is -0.381 e. The van der Waals surface area contributed by atoms with Gasteiger partial charge in [-0.05, 0) is 36.8 Å². The highest BCUT2D eigenvalue weighted by atomic mass is 16.5. The number of anilines is 1. The average molecular weight is 292 g/mol. The van der Waals surface area contributed by atoms with E-state index in [-0.39, 0.29) is 11.8 Å². The van der Waals surface area contributed by atoms with Crippen molar-refractivity contribution in [1.82, 2.24) is 10.3 Å². The fourth-order valence-electron chi connectivity index (χ4n) is 2.36. The molecule has 21 heavy (non-hydrogen) atoms. The summed E-state index contributed by atoms with van der Waals surface area (Å²) in [7, 11) is 0. The molecule has 2 rings (SSSR count). The van der Waals surface area contributed by atoms with E-state index in [0.29, 0.717) is 23.8 Å². The van der Waals surface area contributed by atoms with Gasteiger partial charge in [-0.15, -0.1) is 0 Å². The minimum absolute atomic E-state index is 0.0882. The standard InChI is InChI=1S/C15H24N4O2/c1-10(2)13-7-12(8-14(18-13)19-16)15(20)17-5-3-11-4-6-21-9-11/h7-8,10-11H,3-6,9,16H2,1-2H3,(H,17,20)(H,18,19). The highest BCUT2D eigenvalue weighted by Crippen LogP contribution is 2.18. The average Bonchev–Trinajstić information content (AvgIpc) is 2.99. The fraction of sp³-hybridized carbons (Fsp3) is 0.600. The summed E-state index contributed by atoms with van der Waals surface area (Å²) in [5.41, 5.74) is 3.95. The fourth-order valence-corrected chi connectivity index (χ4v) is 2.36. The number of hydrazine groups is 1. The van der Waals surface area contributed by atoms with Gasteiger partial charge in [-0.3, -0.25) is 4.79 Å². The molecule has 1 saturated heterocycles. The van der Waals surface area contributed by atoms with Crippen molar-refractivity contribution in [2.24, 2.45) is 11.8 Å². The molecule has 0 aliphatic carbocycles. The number of nitrogens with one attached hydrogen (secondary N) is 2. The molecule has 0 bridgehead atoms. The van der Waals surface area contributed by atoms with Crippen molar-refractivity contribution in [3.63, 3.8) is 0 Å². The molecule has 1 aliphatic rings. The van der Waals surface area contributed by atoms with Gasteiger partial charge in [0.2, 0.25) is 0 Å². The van der Waals surface area contributed by atoms with E-state index in [9.17, 15) is 4.79 Å². The van der Waals surface area contributed by atoms with Crippen LogP contribution in [-0.2, 0) is 4.74 Å². The molecule has 1 amide bonds. The summed E-state index contributed by atoms with van der Waals surface area (Å²) in [5.74, 6) is 6.64. The Morgan fingerprint density at radius 1 is 1.52 bits per heavy atom. The number of carbonyl (C=O) groups is 1. The summed E-state index contributed by atoms with van der Waals surface area (Å²) < 4.78 is 5.33. The van der Waals surface area contributed by atoms with Crippen LogP contribution in [0, 0.1) is 5.92 Å². The zero-order valence-electron chi connectivity index (χ0n) is 12.7. The van der Waals surface area contributed by atoms with Crippen LogP contribution in [0.15, 0.2) is 12.1 Å². The Balaban J connectivity index is 1.95. The zero-order valence-corrected chi connectivity index (χ0v) is 12.7. The van der Waals surface area contributed by atoms with E-state index in [0.717, 1.165) is 31.7 Å². The number of amides is 1. The van der Waals surface area contributed by atoms with Crippen LogP contribution in [0.3, 0.4) is 0 Å². The van der Waals surface area contributed by atoms with Gasteiger partial charge >= 0.3 is 0 Å². The predicted octanol–water partition coefficient (Wildman–Crippen LogP) is 1.65. The van der Waals surface area contributed by atoms with E-state index >= 15 is 0 Å². The van der Waals surface area contributed by atoms with Crippen molar-refractivity contribution in [2.75, 3.05) is 25.2 Å². The molecule has 1 atom stereocenters. The van der Waals surface area contributed by atoms with Crippen LogP contribution >= 0.6 is 0 Å². The third kappa shape index (κ3) is 4.41. The maximum Gasteiger partial charge on any atom is 0.251 e. The molecule has 1 unspecified atom stereocenters. The Morgan fingerprint density at radius 3 is 2.95 bits per heavy atom. The van der Waals surface area contributed by atoms with Crippen LogP contribution in [0.2, 0.25) is 0 Å². The first kappa shape index (κ1) is 15.7. The van der Waals surface area contributed by atoms with E-state index in [2.05, 4.69) is 15.7 Å². The first-order valence-corrected chi connectivity index (χ1v) is 7.44. The van der Waals surface area contributed by atoms with E-state index in [4.69, 9.17) is 10.6 Å². The lowest BCUT2D eigenvalue weighted by atomic mass is 10.0. The maximum absolute atomic E-state index is 12.2. The van der Waals surface area contributed by atoms with E-state index in [1.54, 1.807) is 6.07 Å². The second-order valence-corrected chi connectivity index (χ2v) is 5.74. The number of nitrogen functional groups attached to an aromatic ring is 1. The molecule has 6 heteroatoms. The van der Waals surface area contributed by atoms with Crippen molar-refractivity contribution in [3.8, 4) is 0 Å². The Morgan fingerprint density at radius 2 is 2.33 bits per heavy atom. The molecule has 4 N–H and O–H groups in total. The van der Waals surface area contributed by atoms with Gasteiger partial charge in [0.05, 0.1) is 0 Å². The van der Waals surface area contributed by atoms with Crippen molar-refractivity contribution in [2.45, 2.75) is 32.6 Å². The number of carbonyl (C=O) groups excluding carboxylic acids is 1. The van der Waals surface area contributed by atoms with Gasteiger partial charge in [0.25, 0.3) is 5.91 Å². The molecule has 0 radical (unpaired) electrons. The second kappa shape index (κ2) is 7.38. The van der Waals surface area contributed by atoms with Gasteiger partial charge in [-0.1, -0.05) is 13.8 Å². The lowest BCUT2D eigenvalue weighted by molar-refractivity contribution is 0.0950. The molecule has 1 aliphatic heterocycles. The van der Waals surface area contributed by atoms with E-state index in [1.807, 2.05) is 19.9 Å². The zero-order chi connectivity index (χ0) is 15.2. The van der Waals surface area contributed by atoms with Gasteiger partial charge < -0.3 is 15.5 Å². The number of rotatable bonds is 6. The number of ether oxygens (including phenoxy) is 1. The predicted molar refractivity (Wildman–Crippen MR) is 82.0 cm³/mol. The van der Waals surface area contributed by atoms with Crippen molar-refractivity contribution in [1.29, 1.82) is 0 Å². The van der Waals surface area contributed by atoms with E-state index < -0.39 is 0 Å². The molecule has 1 aromatic heterocycles. The van der Waals surface area contributed by atoms with Gasteiger partial charge in [0.15, 0.2) is 0 Å². The van der Waals surface area contributed by atoms with Crippen molar-refractivity contribution < 1.29 is 9.53 Å². The lowest BCUT2D eigenvalue weighted by Gasteiger charge is -2.12. The number of hydrogen-bond acceptors (Lipinski definition) is 5. The first-order chi connectivity index (χ1) is 10.1. The van der Waals surface area contributed by atoms with Crippen molar-refractivity contribution >= 4 is 11.7 Å². The molecule has 1 aromatic rings. The largest absolute Gasteiger partial charge is 0.381 e.